The molecule has 3 heterocycles. The highest BCUT2D eigenvalue weighted by atomic mass is 32.2. The standard InChI is InChI=1S/C26H20F6N2O2.C26H18F6N2O2.C23H18F3N3O4S2/c2*1-15(35)19-4-2-3-5-20(19)17-9-12-21-22(14-17)34-23(33-21)13-8-16-6-10-18(11-7-16)36-24(25(27,28)29)26(30,31)32;1-34(30,31)17-10-6-15(7-11-17)8-13-22-27-20-12-9-16(14-21(20)28-22)18-4-2-3-5-19(18)29-35(32,33)23(24,25)26/h2-15,24,35H,1H3,(H,33,34);2-14,24H,1H3,(H,33,34);2-14,29H,1H3,(H,27,28)/b3*13-8+. The SMILES string of the molecule is CC(=O)c1ccccc1-c1ccc2nc(/C=C/c3ccc(OC(C(F)(F)F)C(F)(F)F)cc3)[nH]c2c1.CC(O)c1ccccc1-c1ccc2nc(/C=C/c3ccc(OC(C(F)(F)F)C(F)(F)F)cc3)[nH]c2c1.CS(=O)(=O)c1ccc(/C=C/c2nc3ccc(-c4ccccc4NS(=O)(=O)C(F)(F)F)cc3[nH]2)cc1. The number of ketones is 1. The number of aromatic nitrogens is 6. The number of para-hydroxylation sites is 1. The number of benzene rings is 9. The number of aliphatic hydroxyl groups is 1. The summed E-state index contributed by atoms with van der Waals surface area (Å²) in [6, 6.07) is 52.4. The van der Waals surface area contributed by atoms with Gasteiger partial charge < -0.3 is 29.5 Å². The number of fused-ring (bicyclic) bond motifs is 3. The number of nitrogens with zero attached hydrogens (tertiary/aromatic N) is 3. The third kappa shape index (κ3) is 19.9. The number of imidazole rings is 3. The van der Waals surface area contributed by atoms with Crippen LogP contribution in [0.2, 0.25) is 0 Å². The Labute approximate surface area is 598 Å². The molecule has 1 unspecified atom stereocenters. The van der Waals surface area contributed by atoms with Gasteiger partial charge in [0.05, 0.1) is 49.8 Å². The van der Waals surface area contributed by atoms with E-state index in [0.29, 0.717) is 61.8 Å². The van der Waals surface area contributed by atoms with Gasteiger partial charge in [-0.1, -0.05) is 140 Å². The second-order valence-electron chi connectivity index (χ2n) is 23.7. The maximum Gasteiger partial charge on any atom is 0.516 e. The summed E-state index contributed by atoms with van der Waals surface area (Å²) >= 11 is 0. The molecule has 0 amide bonds. The van der Waals surface area contributed by atoms with Crippen LogP contribution in [-0.2, 0) is 19.9 Å². The Morgan fingerprint density at radius 1 is 0.449 bits per heavy atom. The lowest BCUT2D eigenvalue weighted by molar-refractivity contribution is -0.300. The predicted octanol–water partition coefficient (Wildman–Crippen LogP) is 19.9. The number of alkyl halides is 15. The van der Waals surface area contributed by atoms with E-state index in [2.05, 4.69) is 39.4 Å². The van der Waals surface area contributed by atoms with Gasteiger partial charge in [-0.25, -0.2) is 23.4 Å². The van der Waals surface area contributed by atoms with Gasteiger partial charge in [-0.15, -0.1) is 0 Å². The van der Waals surface area contributed by atoms with Crippen LogP contribution in [0.4, 0.5) is 71.5 Å². The van der Waals surface area contributed by atoms with E-state index >= 15 is 0 Å². The number of aliphatic hydroxyl groups excluding tert-OH is 1. The zero-order valence-electron chi connectivity index (χ0n) is 55.4. The number of H-pyrrole nitrogens is 3. The topological polar surface area (TPSA) is 222 Å². The monoisotopic (exact) mass is 1530 g/mol. The number of hydrogen-bond donors (Lipinski definition) is 5. The average molecular weight is 1530 g/mol. The number of carbonyl (C=O) groups is 1. The van der Waals surface area contributed by atoms with Crippen molar-refractivity contribution in [2.24, 2.45) is 0 Å². The minimum Gasteiger partial charge on any atom is -0.471 e. The van der Waals surface area contributed by atoms with Gasteiger partial charge in [0.15, 0.2) is 15.6 Å². The van der Waals surface area contributed by atoms with Crippen LogP contribution in [0.3, 0.4) is 0 Å². The number of hydrogen-bond acceptors (Lipinski definition) is 11. The van der Waals surface area contributed by atoms with Crippen molar-refractivity contribution in [3.05, 3.63) is 245 Å². The molecule has 0 bridgehead atoms. The maximum atomic E-state index is 12.8. The third-order valence-corrected chi connectivity index (χ3v) is 17.9. The molecule has 9 aromatic carbocycles. The summed E-state index contributed by atoms with van der Waals surface area (Å²) in [6.07, 6.45) is -19.8. The van der Waals surface area contributed by atoms with Crippen molar-refractivity contribution in [3.63, 3.8) is 0 Å². The molecule has 5 N–H and O–H groups in total. The van der Waals surface area contributed by atoms with Crippen molar-refractivity contribution in [3.8, 4) is 44.9 Å². The molecular formula is C75H56F15N7O8S2. The number of Topliss-reactive ketones (excluding diaryl/α,β-unsaturated/α-hetero) is 1. The highest BCUT2D eigenvalue weighted by Crippen LogP contribution is 2.40. The Morgan fingerprint density at radius 2 is 0.794 bits per heavy atom. The summed E-state index contributed by atoms with van der Waals surface area (Å²) in [5, 5.41) is 10.1. The summed E-state index contributed by atoms with van der Waals surface area (Å²) in [5.74, 6) is 0.310. The molecule has 556 valence electrons. The first-order valence-electron chi connectivity index (χ1n) is 31.4. The van der Waals surface area contributed by atoms with E-state index in [-0.39, 0.29) is 21.9 Å². The molecule has 0 saturated heterocycles. The molecule has 0 spiro atoms. The number of sulfonamides is 1. The summed E-state index contributed by atoms with van der Waals surface area (Å²) < 4.78 is 247. The molecule has 0 fully saturated rings. The zero-order chi connectivity index (χ0) is 77.6. The minimum atomic E-state index is -5.59. The van der Waals surface area contributed by atoms with E-state index in [9.17, 15) is 92.6 Å². The number of halogens is 15. The number of anilines is 1. The molecule has 15 nitrogen and oxygen atoms in total. The predicted molar refractivity (Wildman–Crippen MR) is 376 cm³/mol. The van der Waals surface area contributed by atoms with E-state index < -0.39 is 79.9 Å². The van der Waals surface area contributed by atoms with Gasteiger partial charge in [0.1, 0.15) is 29.0 Å². The molecular weight excluding hydrogens is 1480 g/mol. The van der Waals surface area contributed by atoms with Gasteiger partial charge in [0.25, 0.3) is 12.2 Å². The van der Waals surface area contributed by atoms with Gasteiger partial charge in [0, 0.05) is 17.4 Å². The fourth-order valence-electron chi connectivity index (χ4n) is 10.6. The Hall–Kier alpha value is -11.5. The van der Waals surface area contributed by atoms with Crippen LogP contribution >= 0.6 is 0 Å². The van der Waals surface area contributed by atoms with Crippen molar-refractivity contribution in [2.75, 3.05) is 11.0 Å². The lowest BCUT2D eigenvalue weighted by Crippen LogP contribution is -2.46. The van der Waals surface area contributed by atoms with Crippen molar-refractivity contribution < 1.29 is 102 Å². The zero-order valence-corrected chi connectivity index (χ0v) is 57.0. The molecule has 12 rings (SSSR count). The number of nitrogens with one attached hydrogen (secondary N) is 4. The first kappa shape index (κ1) is 78.1. The summed E-state index contributed by atoms with van der Waals surface area (Å²) in [6.45, 7) is 3.19. The number of sulfone groups is 1. The smallest absolute Gasteiger partial charge is 0.471 e. The van der Waals surface area contributed by atoms with Crippen molar-refractivity contribution >= 4 is 101 Å². The third-order valence-electron chi connectivity index (χ3n) is 15.7. The molecule has 0 radical (unpaired) electrons. The number of rotatable bonds is 18. The molecule has 0 saturated carbocycles. The highest BCUT2D eigenvalue weighted by molar-refractivity contribution is 7.93. The Bertz CT molecular complexity index is 5490. The molecule has 3 aromatic heterocycles. The minimum absolute atomic E-state index is 0.0531. The first-order chi connectivity index (χ1) is 50.2. The molecule has 32 heteroatoms. The molecule has 12 aromatic rings. The Balaban J connectivity index is 0.000000172. The van der Waals surface area contributed by atoms with Gasteiger partial charge in [-0.05, 0) is 161 Å². The second kappa shape index (κ2) is 31.3. The van der Waals surface area contributed by atoms with E-state index in [1.54, 1.807) is 103 Å². The van der Waals surface area contributed by atoms with Crippen LogP contribution < -0.4 is 14.2 Å². The number of aromatic amines is 3. The molecule has 0 aliphatic carbocycles. The van der Waals surface area contributed by atoms with Gasteiger partial charge in [-0.2, -0.15) is 74.3 Å². The number of ether oxygens (including phenoxy) is 2. The average Bonchev–Trinajstić information content (AvgIpc) is 1.65. The van der Waals surface area contributed by atoms with E-state index in [1.807, 2.05) is 66.7 Å². The van der Waals surface area contributed by atoms with Crippen LogP contribution in [-0.4, -0.2) is 106 Å². The molecule has 0 aliphatic rings. The normalized spacial score (nSPS) is 13.0. The highest BCUT2D eigenvalue weighted by Gasteiger charge is 2.60. The van der Waals surface area contributed by atoms with Crippen LogP contribution in [0, 0.1) is 0 Å². The fourth-order valence-corrected chi connectivity index (χ4v) is 11.8. The van der Waals surface area contributed by atoms with Crippen LogP contribution in [0.15, 0.2) is 205 Å². The number of carbonyl (C=O) groups excluding carboxylic acids is 1. The van der Waals surface area contributed by atoms with Gasteiger partial charge >= 0.3 is 40.2 Å². The summed E-state index contributed by atoms with van der Waals surface area (Å²) in [5.41, 5.74) is 5.69. The van der Waals surface area contributed by atoms with Crippen molar-refractivity contribution in [1.29, 1.82) is 0 Å². The van der Waals surface area contributed by atoms with E-state index in [0.717, 1.165) is 74.9 Å². The molecule has 1 atom stereocenters. The quantitative estimate of drug-likeness (QED) is 0.0401. The second-order valence-corrected chi connectivity index (χ2v) is 27.4. The van der Waals surface area contributed by atoms with Crippen LogP contribution in [0.25, 0.3) is 103 Å². The van der Waals surface area contributed by atoms with Gasteiger partial charge in [-0.3, -0.25) is 9.52 Å². The van der Waals surface area contributed by atoms with E-state index in [1.165, 1.54) is 61.5 Å². The van der Waals surface area contributed by atoms with Crippen molar-refractivity contribution in [2.45, 2.75) is 67.3 Å². The fraction of sp³-hybridized carbons (Fsp3) is 0.147. The van der Waals surface area contributed by atoms with Crippen LogP contribution in [0.5, 0.6) is 11.5 Å². The lowest BCUT2D eigenvalue weighted by Gasteiger charge is -2.23. The first-order valence-corrected chi connectivity index (χ1v) is 34.7. The molecule has 0 aliphatic heterocycles. The summed E-state index contributed by atoms with van der Waals surface area (Å²) in [4.78, 5) is 34.9. The largest absolute Gasteiger partial charge is 0.516 e. The Morgan fingerprint density at radius 3 is 1.17 bits per heavy atom. The van der Waals surface area contributed by atoms with Crippen molar-refractivity contribution in [1.82, 2.24) is 29.9 Å². The maximum absolute atomic E-state index is 12.8. The lowest BCUT2D eigenvalue weighted by atomic mass is 9.96. The van der Waals surface area contributed by atoms with Crippen LogP contribution in [0.1, 0.15) is 70.0 Å². The molecule has 107 heavy (non-hydrogen) atoms. The van der Waals surface area contributed by atoms with Gasteiger partial charge in [0.2, 0.25) is 0 Å². The van der Waals surface area contributed by atoms with E-state index in [4.69, 9.17) is 0 Å². The summed E-state index contributed by atoms with van der Waals surface area (Å²) in [7, 11) is -8.86. The Kier molecular flexibility index (Phi) is 22.8.